The van der Waals surface area contributed by atoms with Crippen LogP contribution in [0.25, 0.3) is 88.0 Å². The van der Waals surface area contributed by atoms with Crippen molar-refractivity contribution in [3.05, 3.63) is 181 Å². The minimum atomic E-state index is 1.16. The Morgan fingerprint density at radius 2 is 0.755 bits per heavy atom. The maximum atomic E-state index is 2.42. The Bertz CT molecular complexity index is 2810. The molecule has 10 rings (SSSR count). The van der Waals surface area contributed by atoms with E-state index in [1.54, 1.807) is 0 Å². The van der Waals surface area contributed by atoms with Crippen molar-refractivity contribution in [3.63, 3.8) is 0 Å². The van der Waals surface area contributed by atoms with Crippen LogP contribution in [0.1, 0.15) is 5.56 Å². The average molecular weight is 625 g/mol. The van der Waals surface area contributed by atoms with Gasteiger partial charge in [-0.25, -0.2) is 0 Å². The van der Waals surface area contributed by atoms with Crippen molar-refractivity contribution in [2.24, 2.45) is 0 Å². The molecule has 2 aromatic heterocycles. The fourth-order valence-corrected chi connectivity index (χ4v) is 7.73. The quantitative estimate of drug-likeness (QED) is 0.184. The van der Waals surface area contributed by atoms with Crippen molar-refractivity contribution in [1.82, 2.24) is 9.13 Å². The minimum absolute atomic E-state index is 1.16. The Hall–Kier alpha value is -6.38. The molecule has 2 heteroatoms. The molecule has 0 aliphatic carbocycles. The number of hydrogen-bond donors (Lipinski definition) is 0. The Balaban J connectivity index is 1.14. The van der Waals surface area contributed by atoms with Crippen molar-refractivity contribution in [3.8, 4) is 33.6 Å². The van der Waals surface area contributed by atoms with Gasteiger partial charge in [-0.05, 0) is 101 Å². The van der Waals surface area contributed by atoms with Crippen molar-refractivity contribution in [1.29, 1.82) is 0 Å². The van der Waals surface area contributed by atoms with Crippen LogP contribution in [0.2, 0.25) is 0 Å². The van der Waals surface area contributed by atoms with Gasteiger partial charge in [0.15, 0.2) is 0 Å². The zero-order valence-corrected chi connectivity index (χ0v) is 27.1. The van der Waals surface area contributed by atoms with Crippen molar-refractivity contribution in [2.45, 2.75) is 6.92 Å². The fraction of sp³-hybridized carbons (Fsp3) is 0.0213. The molecule has 8 aromatic carbocycles. The lowest BCUT2D eigenvalue weighted by atomic mass is 9.99. The zero-order chi connectivity index (χ0) is 32.5. The normalized spacial score (nSPS) is 11.8. The van der Waals surface area contributed by atoms with Crippen LogP contribution in [0.3, 0.4) is 0 Å². The number of rotatable bonds is 4. The number of nitrogens with zero attached hydrogens (tertiary/aromatic N) is 2. The molecule has 49 heavy (non-hydrogen) atoms. The number of aromatic nitrogens is 2. The highest BCUT2D eigenvalue weighted by Crippen LogP contribution is 2.38. The Kier molecular flexibility index (Phi) is 6.13. The van der Waals surface area contributed by atoms with Gasteiger partial charge in [0, 0.05) is 32.9 Å². The summed E-state index contributed by atoms with van der Waals surface area (Å²) in [4.78, 5) is 0. The van der Waals surface area contributed by atoms with Crippen molar-refractivity contribution < 1.29 is 0 Å². The van der Waals surface area contributed by atoms with Gasteiger partial charge in [-0.2, -0.15) is 0 Å². The smallest absolute Gasteiger partial charge is 0.0541 e. The van der Waals surface area contributed by atoms with E-state index in [4.69, 9.17) is 0 Å². The molecule has 0 fully saturated rings. The molecule has 2 nitrogen and oxygen atoms in total. The summed E-state index contributed by atoms with van der Waals surface area (Å²) in [6.07, 6.45) is 0. The molecular weight excluding hydrogens is 593 g/mol. The van der Waals surface area contributed by atoms with E-state index in [-0.39, 0.29) is 0 Å². The molecule has 0 N–H and O–H groups in total. The van der Waals surface area contributed by atoms with Crippen LogP contribution in [0.15, 0.2) is 176 Å². The Morgan fingerprint density at radius 3 is 1.37 bits per heavy atom. The van der Waals surface area contributed by atoms with E-state index in [1.807, 2.05) is 0 Å². The highest BCUT2D eigenvalue weighted by Gasteiger charge is 2.16. The molecular formula is C47H32N2. The first-order valence-electron chi connectivity index (χ1n) is 16.9. The van der Waals surface area contributed by atoms with Crippen LogP contribution in [-0.4, -0.2) is 9.13 Å². The van der Waals surface area contributed by atoms with E-state index in [1.165, 1.54) is 87.9 Å². The van der Waals surface area contributed by atoms with Crippen molar-refractivity contribution in [2.75, 3.05) is 0 Å². The van der Waals surface area contributed by atoms with Gasteiger partial charge >= 0.3 is 0 Å². The topological polar surface area (TPSA) is 9.86 Å². The molecule has 0 unspecified atom stereocenters. The number of hydrogen-bond acceptors (Lipinski definition) is 0. The van der Waals surface area contributed by atoms with Crippen LogP contribution in [0, 0.1) is 6.92 Å². The monoisotopic (exact) mass is 624 g/mol. The molecule has 0 radical (unpaired) electrons. The lowest BCUT2D eigenvalue weighted by molar-refractivity contribution is 1.18. The second-order valence-electron chi connectivity index (χ2n) is 13.1. The molecule has 230 valence electrons. The summed E-state index contributed by atoms with van der Waals surface area (Å²) in [5.74, 6) is 0. The third kappa shape index (κ3) is 4.42. The lowest BCUT2D eigenvalue weighted by Crippen LogP contribution is -1.94. The predicted octanol–water partition coefficient (Wildman–Crippen LogP) is 12.7. The molecule has 0 bridgehead atoms. The lowest BCUT2D eigenvalue weighted by Gasteiger charge is -2.11. The molecule has 2 heterocycles. The second-order valence-corrected chi connectivity index (χ2v) is 13.1. The summed E-state index contributed by atoms with van der Waals surface area (Å²) in [6.45, 7) is 2.14. The zero-order valence-electron chi connectivity index (χ0n) is 27.1. The van der Waals surface area contributed by atoms with Gasteiger partial charge in [-0.15, -0.1) is 0 Å². The summed E-state index contributed by atoms with van der Waals surface area (Å²) in [6, 6.07) is 64.5. The van der Waals surface area contributed by atoms with Crippen LogP contribution >= 0.6 is 0 Å². The first-order chi connectivity index (χ1) is 24.2. The average Bonchev–Trinajstić information content (AvgIpc) is 3.67. The Morgan fingerprint density at radius 1 is 0.306 bits per heavy atom. The van der Waals surface area contributed by atoms with Gasteiger partial charge in [-0.1, -0.05) is 121 Å². The summed E-state index contributed by atoms with van der Waals surface area (Å²) < 4.78 is 4.80. The summed E-state index contributed by atoms with van der Waals surface area (Å²) in [7, 11) is 0. The van der Waals surface area contributed by atoms with E-state index in [0.717, 1.165) is 5.69 Å². The van der Waals surface area contributed by atoms with Gasteiger partial charge in [0.25, 0.3) is 0 Å². The molecule has 10 aromatic rings. The summed E-state index contributed by atoms with van der Waals surface area (Å²) in [5, 5.41) is 7.55. The van der Waals surface area contributed by atoms with E-state index in [0.29, 0.717) is 0 Å². The van der Waals surface area contributed by atoms with Gasteiger partial charge in [-0.3, -0.25) is 0 Å². The first kappa shape index (κ1) is 27.7. The molecule has 0 aliphatic rings. The predicted molar refractivity (Wildman–Crippen MR) is 208 cm³/mol. The van der Waals surface area contributed by atoms with E-state index in [9.17, 15) is 0 Å². The SMILES string of the molecule is Cc1ccc(-c2ccc3c(c2)c2cc(-c4ccc(-n5c6ccccc6c6ccccc65)cc4)ccc2n3-c2ccc3ccccc3c2)cc1. The number of para-hydroxylation sites is 2. The van der Waals surface area contributed by atoms with Gasteiger partial charge in [0.05, 0.1) is 22.1 Å². The molecule has 0 saturated carbocycles. The minimum Gasteiger partial charge on any atom is -0.309 e. The third-order valence-electron chi connectivity index (χ3n) is 10.2. The van der Waals surface area contributed by atoms with E-state index < -0.39 is 0 Å². The highest BCUT2D eigenvalue weighted by atomic mass is 15.0. The van der Waals surface area contributed by atoms with Gasteiger partial charge < -0.3 is 9.13 Å². The van der Waals surface area contributed by atoms with Crippen LogP contribution in [0.4, 0.5) is 0 Å². The second kappa shape index (κ2) is 10.8. The Labute approximate surface area is 284 Å². The van der Waals surface area contributed by atoms with Crippen LogP contribution in [-0.2, 0) is 0 Å². The molecule has 0 amide bonds. The number of aryl methyl sites for hydroxylation is 1. The summed E-state index contributed by atoms with van der Waals surface area (Å²) in [5.41, 5.74) is 13.3. The number of fused-ring (bicyclic) bond motifs is 7. The molecule has 0 atom stereocenters. The van der Waals surface area contributed by atoms with E-state index in [2.05, 4.69) is 192 Å². The highest BCUT2D eigenvalue weighted by molar-refractivity contribution is 6.12. The third-order valence-corrected chi connectivity index (χ3v) is 10.2. The van der Waals surface area contributed by atoms with Gasteiger partial charge in [0.2, 0.25) is 0 Å². The standard InChI is InChI=1S/C47H32N2/c1-31-14-16-33(17-15-31)36-21-26-46-42(29-36)43-30-37(22-27-47(43)49(46)39-25-20-32-8-2-3-9-35(32)28-39)34-18-23-38(24-19-34)48-44-12-6-4-10-40(44)41-11-5-7-13-45(41)48/h2-30H,1H3. The van der Waals surface area contributed by atoms with E-state index >= 15 is 0 Å². The molecule has 0 spiro atoms. The summed E-state index contributed by atoms with van der Waals surface area (Å²) >= 11 is 0. The fourth-order valence-electron chi connectivity index (χ4n) is 7.73. The molecule has 0 saturated heterocycles. The van der Waals surface area contributed by atoms with Gasteiger partial charge in [0.1, 0.15) is 0 Å². The first-order valence-corrected chi connectivity index (χ1v) is 16.9. The van der Waals surface area contributed by atoms with Crippen molar-refractivity contribution >= 4 is 54.4 Å². The molecule has 0 aliphatic heterocycles. The van der Waals surface area contributed by atoms with Crippen LogP contribution < -0.4 is 0 Å². The maximum absolute atomic E-state index is 2.42. The van der Waals surface area contributed by atoms with Crippen LogP contribution in [0.5, 0.6) is 0 Å². The largest absolute Gasteiger partial charge is 0.309 e. The maximum Gasteiger partial charge on any atom is 0.0541 e. The number of benzene rings is 8.